The van der Waals surface area contributed by atoms with Crippen LogP contribution in [0.15, 0.2) is 18.3 Å². The van der Waals surface area contributed by atoms with Gasteiger partial charge in [-0.2, -0.15) is 0 Å². The number of aliphatic carboxylic acids is 1. The smallest absolute Gasteiger partial charge is 0.303 e. The molecule has 0 aliphatic carbocycles. The Balaban J connectivity index is 2.64. The Hall–Kier alpha value is -2.11. The van der Waals surface area contributed by atoms with Gasteiger partial charge in [-0.25, -0.2) is 4.98 Å². The zero-order chi connectivity index (χ0) is 15.1. The Kier molecular flexibility index (Phi) is 5.96. The van der Waals surface area contributed by atoms with Crippen molar-refractivity contribution in [3.63, 3.8) is 0 Å². The maximum Gasteiger partial charge on any atom is 0.303 e. The number of rotatable bonds is 8. The van der Waals surface area contributed by atoms with Gasteiger partial charge in [-0.15, -0.1) is 0 Å². The summed E-state index contributed by atoms with van der Waals surface area (Å²) < 4.78 is 0. The van der Waals surface area contributed by atoms with Gasteiger partial charge < -0.3 is 16.2 Å². The van der Waals surface area contributed by atoms with Crippen LogP contribution in [0.4, 0.5) is 5.82 Å². The molecular weight excluding hydrogens is 258 g/mol. The highest BCUT2D eigenvalue weighted by Gasteiger charge is 2.15. The summed E-state index contributed by atoms with van der Waals surface area (Å²) in [5.74, 6) is -0.353. The van der Waals surface area contributed by atoms with Crippen molar-refractivity contribution in [2.75, 3.05) is 11.9 Å². The van der Waals surface area contributed by atoms with Crippen LogP contribution < -0.4 is 11.1 Å². The first-order chi connectivity index (χ1) is 9.38. The number of anilines is 1. The van der Waals surface area contributed by atoms with Gasteiger partial charge in [-0.3, -0.25) is 9.59 Å². The fraction of sp³-hybridized carbons (Fsp3) is 0.500. The summed E-state index contributed by atoms with van der Waals surface area (Å²) in [6.45, 7) is 4.61. The first-order valence-electron chi connectivity index (χ1n) is 6.60. The molecule has 1 unspecified atom stereocenters. The van der Waals surface area contributed by atoms with Crippen molar-refractivity contribution in [2.24, 2.45) is 17.6 Å². The highest BCUT2D eigenvalue weighted by Crippen LogP contribution is 2.17. The fourth-order valence-corrected chi connectivity index (χ4v) is 2.08. The lowest BCUT2D eigenvalue weighted by molar-refractivity contribution is -0.138. The van der Waals surface area contributed by atoms with Crippen molar-refractivity contribution >= 4 is 17.7 Å². The van der Waals surface area contributed by atoms with Crippen molar-refractivity contribution in [2.45, 2.75) is 26.7 Å². The zero-order valence-corrected chi connectivity index (χ0v) is 11.8. The Morgan fingerprint density at radius 2 is 2.15 bits per heavy atom. The Morgan fingerprint density at radius 1 is 1.45 bits per heavy atom. The summed E-state index contributed by atoms with van der Waals surface area (Å²) in [6, 6.07) is 3.10. The molecule has 0 fully saturated rings. The molecule has 0 radical (unpaired) electrons. The van der Waals surface area contributed by atoms with Gasteiger partial charge in [0.25, 0.3) is 0 Å². The summed E-state index contributed by atoms with van der Waals surface area (Å²) >= 11 is 0. The van der Waals surface area contributed by atoms with E-state index in [0.717, 1.165) is 6.42 Å². The van der Waals surface area contributed by atoms with Crippen LogP contribution in [-0.4, -0.2) is 28.5 Å². The molecule has 20 heavy (non-hydrogen) atoms. The van der Waals surface area contributed by atoms with E-state index in [2.05, 4.69) is 24.1 Å². The van der Waals surface area contributed by atoms with E-state index in [0.29, 0.717) is 23.8 Å². The van der Waals surface area contributed by atoms with Gasteiger partial charge in [-0.1, -0.05) is 13.8 Å². The average Bonchev–Trinajstić information content (AvgIpc) is 2.35. The van der Waals surface area contributed by atoms with Gasteiger partial charge in [0.2, 0.25) is 5.91 Å². The number of hydrogen-bond donors (Lipinski definition) is 3. The molecule has 1 amide bonds. The van der Waals surface area contributed by atoms with Crippen molar-refractivity contribution in [3.05, 3.63) is 23.9 Å². The summed E-state index contributed by atoms with van der Waals surface area (Å²) in [7, 11) is 0. The molecule has 1 aromatic heterocycles. The predicted octanol–water partition coefficient (Wildman–Crippen LogP) is 1.73. The minimum atomic E-state index is -0.809. The van der Waals surface area contributed by atoms with E-state index in [9.17, 15) is 9.59 Å². The lowest BCUT2D eigenvalue weighted by Crippen LogP contribution is -2.20. The number of carboxylic acids is 1. The van der Waals surface area contributed by atoms with Crippen LogP contribution in [0.2, 0.25) is 0 Å². The van der Waals surface area contributed by atoms with E-state index in [1.807, 2.05) is 0 Å². The number of nitrogens with one attached hydrogen (secondary N) is 1. The molecule has 1 aromatic rings. The molecule has 1 heterocycles. The first-order valence-corrected chi connectivity index (χ1v) is 6.60. The molecule has 0 spiro atoms. The van der Waals surface area contributed by atoms with Gasteiger partial charge in [0.1, 0.15) is 5.82 Å². The zero-order valence-electron chi connectivity index (χ0n) is 11.8. The second kappa shape index (κ2) is 7.47. The van der Waals surface area contributed by atoms with Crippen LogP contribution in [0.25, 0.3) is 0 Å². The Bertz CT molecular complexity index is 474. The summed E-state index contributed by atoms with van der Waals surface area (Å²) in [4.78, 5) is 26.0. The number of carbonyl (C=O) groups excluding carboxylic acids is 1. The normalized spacial score (nSPS) is 12.2. The quantitative estimate of drug-likeness (QED) is 0.672. The van der Waals surface area contributed by atoms with Gasteiger partial charge in [0, 0.05) is 24.7 Å². The number of carbonyl (C=O) groups is 2. The molecule has 4 N–H and O–H groups in total. The number of nitrogens with zero attached hydrogens (tertiary/aromatic N) is 1. The van der Waals surface area contributed by atoms with E-state index < -0.39 is 11.9 Å². The van der Waals surface area contributed by atoms with E-state index in [4.69, 9.17) is 10.8 Å². The van der Waals surface area contributed by atoms with Gasteiger partial charge >= 0.3 is 5.97 Å². The Labute approximate surface area is 118 Å². The lowest BCUT2D eigenvalue weighted by Gasteiger charge is -2.18. The number of primary amides is 1. The maximum absolute atomic E-state index is 11.1. The minimum absolute atomic E-state index is 0.0199. The highest BCUT2D eigenvalue weighted by molar-refractivity contribution is 5.93. The van der Waals surface area contributed by atoms with Gasteiger partial charge in [-0.05, 0) is 30.4 Å². The van der Waals surface area contributed by atoms with Crippen LogP contribution >= 0.6 is 0 Å². The monoisotopic (exact) mass is 279 g/mol. The van der Waals surface area contributed by atoms with Crippen molar-refractivity contribution in [1.82, 2.24) is 4.98 Å². The largest absolute Gasteiger partial charge is 0.481 e. The topological polar surface area (TPSA) is 105 Å². The standard InChI is InChI=1S/C14H21N3O3/c1-9(2)5-10(6-13(18)19)8-17-12-7-11(14(15)20)3-4-16-12/h3-4,7,9-10H,5-6,8H2,1-2H3,(H2,15,20)(H,16,17)(H,18,19). The first kappa shape index (κ1) is 15.9. The molecule has 0 aliphatic heterocycles. The molecule has 0 aliphatic rings. The SMILES string of the molecule is CC(C)CC(CNc1cc(C(N)=O)ccn1)CC(=O)O. The molecular formula is C14H21N3O3. The number of pyridine rings is 1. The lowest BCUT2D eigenvalue weighted by atomic mass is 9.94. The number of nitrogens with two attached hydrogens (primary N) is 1. The summed E-state index contributed by atoms with van der Waals surface area (Å²) in [5.41, 5.74) is 5.57. The molecule has 6 heteroatoms. The number of aromatic nitrogens is 1. The van der Waals surface area contributed by atoms with Crippen molar-refractivity contribution in [3.8, 4) is 0 Å². The number of carboxylic acid groups (broad SMARTS) is 1. The third-order valence-corrected chi connectivity index (χ3v) is 2.88. The maximum atomic E-state index is 11.1. The predicted molar refractivity (Wildman–Crippen MR) is 76.4 cm³/mol. The third kappa shape index (κ3) is 5.69. The fourth-order valence-electron chi connectivity index (χ4n) is 2.08. The summed E-state index contributed by atoms with van der Waals surface area (Å²) in [5, 5.41) is 12.0. The molecule has 0 saturated heterocycles. The number of hydrogen-bond acceptors (Lipinski definition) is 4. The molecule has 110 valence electrons. The van der Waals surface area contributed by atoms with Crippen LogP contribution in [0.3, 0.4) is 0 Å². The molecule has 1 rings (SSSR count). The average molecular weight is 279 g/mol. The van der Waals surface area contributed by atoms with Crippen molar-refractivity contribution < 1.29 is 14.7 Å². The third-order valence-electron chi connectivity index (χ3n) is 2.88. The molecule has 0 bridgehead atoms. The van der Waals surface area contributed by atoms with Crippen LogP contribution in [0.1, 0.15) is 37.0 Å². The molecule has 0 saturated carbocycles. The van der Waals surface area contributed by atoms with Gasteiger partial charge in [0.05, 0.1) is 0 Å². The van der Waals surface area contributed by atoms with E-state index in [1.54, 1.807) is 6.07 Å². The molecule has 6 nitrogen and oxygen atoms in total. The number of amides is 1. The second-order valence-electron chi connectivity index (χ2n) is 5.27. The minimum Gasteiger partial charge on any atom is -0.481 e. The van der Waals surface area contributed by atoms with Crippen molar-refractivity contribution in [1.29, 1.82) is 0 Å². The molecule has 1 atom stereocenters. The van der Waals surface area contributed by atoms with Crippen LogP contribution in [0, 0.1) is 11.8 Å². The van der Waals surface area contributed by atoms with E-state index in [-0.39, 0.29) is 12.3 Å². The van der Waals surface area contributed by atoms with Crippen LogP contribution in [-0.2, 0) is 4.79 Å². The highest BCUT2D eigenvalue weighted by atomic mass is 16.4. The summed E-state index contributed by atoms with van der Waals surface area (Å²) in [6.07, 6.45) is 2.42. The second-order valence-corrected chi connectivity index (χ2v) is 5.27. The van der Waals surface area contributed by atoms with Crippen LogP contribution in [0.5, 0.6) is 0 Å². The van der Waals surface area contributed by atoms with Gasteiger partial charge in [0.15, 0.2) is 0 Å². The molecule has 0 aromatic carbocycles. The van der Waals surface area contributed by atoms with E-state index in [1.165, 1.54) is 12.3 Å². The van der Waals surface area contributed by atoms with E-state index >= 15 is 0 Å². The Morgan fingerprint density at radius 3 is 2.70 bits per heavy atom.